The van der Waals surface area contributed by atoms with Crippen molar-refractivity contribution in [1.82, 2.24) is 0 Å². The van der Waals surface area contributed by atoms with Crippen LogP contribution in [-0.4, -0.2) is 18.7 Å². The number of rotatable bonds is 3. The van der Waals surface area contributed by atoms with E-state index in [0.717, 1.165) is 44.9 Å². The summed E-state index contributed by atoms with van der Waals surface area (Å²) in [5, 5.41) is 0. The number of hydrogen-bond acceptors (Lipinski definition) is 2. The highest BCUT2D eigenvalue weighted by molar-refractivity contribution is 5.81. The average Bonchev–Trinajstić information content (AvgIpc) is 2.56. The molecular weight excluding hydrogens is 291 g/mol. The molecule has 2 rings (SSSR count). The molecule has 2 saturated carbocycles. The van der Waals surface area contributed by atoms with Gasteiger partial charge in [0.1, 0.15) is 6.17 Å². The van der Waals surface area contributed by atoms with E-state index >= 15 is 0 Å². The van der Waals surface area contributed by atoms with Gasteiger partial charge in [-0.3, -0.25) is 0 Å². The first kappa shape index (κ1) is 18.5. The van der Waals surface area contributed by atoms with Crippen molar-refractivity contribution in [2.75, 3.05) is 6.61 Å². The van der Waals surface area contributed by atoms with Crippen LogP contribution in [0.2, 0.25) is 0 Å². The molecule has 0 amide bonds. The van der Waals surface area contributed by atoms with Gasteiger partial charge >= 0.3 is 5.97 Å². The zero-order valence-electron chi connectivity index (χ0n) is 14.7. The Hall–Kier alpha value is -0.860. The summed E-state index contributed by atoms with van der Waals surface area (Å²) >= 11 is 0. The lowest BCUT2D eigenvalue weighted by atomic mass is 9.64. The minimum atomic E-state index is -0.629. The van der Waals surface area contributed by atoms with Gasteiger partial charge in [0.2, 0.25) is 0 Å². The lowest BCUT2D eigenvalue weighted by molar-refractivity contribution is -0.137. The molecule has 2 aliphatic rings. The molecule has 0 aliphatic heterocycles. The summed E-state index contributed by atoms with van der Waals surface area (Å²) in [5.74, 6) is 0.155. The Labute approximate surface area is 140 Å². The van der Waals surface area contributed by atoms with Crippen LogP contribution in [-0.2, 0) is 9.53 Å². The molecule has 2 aliphatic carbocycles. The predicted molar refractivity (Wildman–Crippen MR) is 92.0 cm³/mol. The summed E-state index contributed by atoms with van der Waals surface area (Å²) in [5.41, 5.74) is -0.0778. The Morgan fingerprint density at radius 2 is 1.70 bits per heavy atom. The Balaban J connectivity index is 1.89. The Bertz CT molecular complexity index is 383. The summed E-state index contributed by atoms with van der Waals surface area (Å²) in [6.45, 7) is 2.23. The van der Waals surface area contributed by atoms with E-state index in [1.807, 2.05) is 13.0 Å². The second kappa shape index (κ2) is 9.44. The zero-order chi connectivity index (χ0) is 16.5. The van der Waals surface area contributed by atoms with E-state index in [0.29, 0.717) is 12.5 Å². The Morgan fingerprint density at radius 1 is 1.04 bits per heavy atom. The van der Waals surface area contributed by atoms with E-state index in [-0.39, 0.29) is 11.4 Å². The van der Waals surface area contributed by atoms with Crippen LogP contribution in [0.15, 0.2) is 12.2 Å². The van der Waals surface area contributed by atoms with Crippen LogP contribution < -0.4 is 0 Å². The molecule has 0 heterocycles. The van der Waals surface area contributed by atoms with Crippen molar-refractivity contribution in [3.8, 4) is 0 Å². The molecule has 1 unspecified atom stereocenters. The van der Waals surface area contributed by atoms with Gasteiger partial charge in [-0.2, -0.15) is 0 Å². The smallest absolute Gasteiger partial charge is 0.330 e. The van der Waals surface area contributed by atoms with E-state index in [4.69, 9.17) is 4.74 Å². The highest BCUT2D eigenvalue weighted by Gasteiger charge is 2.41. The molecule has 0 N–H and O–H groups in total. The van der Waals surface area contributed by atoms with E-state index in [1.54, 1.807) is 6.08 Å². The highest BCUT2D eigenvalue weighted by atomic mass is 19.1. The summed E-state index contributed by atoms with van der Waals surface area (Å²) in [4.78, 5) is 11.4. The van der Waals surface area contributed by atoms with Crippen LogP contribution in [0, 0.1) is 11.3 Å². The molecule has 1 atom stereocenters. The van der Waals surface area contributed by atoms with Crippen molar-refractivity contribution >= 4 is 5.97 Å². The van der Waals surface area contributed by atoms with Crippen LogP contribution in [0.4, 0.5) is 4.39 Å². The average molecular weight is 324 g/mol. The number of carbonyl (C=O) groups excluding carboxylic acids is 1. The van der Waals surface area contributed by atoms with Crippen LogP contribution in [0.1, 0.15) is 84.0 Å². The van der Waals surface area contributed by atoms with Crippen LogP contribution in [0.5, 0.6) is 0 Å². The maximum Gasteiger partial charge on any atom is 0.330 e. The van der Waals surface area contributed by atoms with Crippen LogP contribution in [0.3, 0.4) is 0 Å². The van der Waals surface area contributed by atoms with E-state index < -0.39 is 6.17 Å². The number of alkyl halides is 1. The van der Waals surface area contributed by atoms with Crippen molar-refractivity contribution in [2.45, 2.75) is 90.1 Å². The Morgan fingerprint density at radius 3 is 2.39 bits per heavy atom. The van der Waals surface area contributed by atoms with Gasteiger partial charge in [-0.1, -0.05) is 44.6 Å². The number of allylic oxidation sites excluding steroid dienone is 1. The topological polar surface area (TPSA) is 26.3 Å². The molecule has 2 nitrogen and oxygen atoms in total. The molecular formula is C20H33FO2. The summed E-state index contributed by atoms with van der Waals surface area (Å²) in [6.07, 6.45) is 16.0. The molecule has 0 aromatic carbocycles. The fourth-order valence-electron chi connectivity index (χ4n) is 4.35. The molecule has 0 aromatic heterocycles. The molecule has 2 fully saturated rings. The summed E-state index contributed by atoms with van der Waals surface area (Å²) in [6, 6.07) is 0. The van der Waals surface area contributed by atoms with Crippen LogP contribution >= 0.6 is 0 Å². The number of hydrogen-bond donors (Lipinski definition) is 0. The monoisotopic (exact) mass is 324 g/mol. The maximum absolute atomic E-state index is 14.9. The first-order chi connectivity index (χ1) is 11.2. The van der Waals surface area contributed by atoms with Crippen molar-refractivity contribution in [3.05, 3.63) is 12.2 Å². The quantitative estimate of drug-likeness (QED) is 0.487. The van der Waals surface area contributed by atoms with Crippen LogP contribution in [0.25, 0.3) is 0 Å². The van der Waals surface area contributed by atoms with Gasteiger partial charge in [0.05, 0.1) is 6.61 Å². The Kier molecular flexibility index (Phi) is 7.58. The fraction of sp³-hybridized carbons (Fsp3) is 0.850. The third-order valence-corrected chi connectivity index (χ3v) is 5.86. The van der Waals surface area contributed by atoms with Crippen molar-refractivity contribution in [3.63, 3.8) is 0 Å². The largest absolute Gasteiger partial charge is 0.463 e. The van der Waals surface area contributed by atoms with Gasteiger partial charge in [-0.25, -0.2) is 9.18 Å². The number of esters is 1. The van der Waals surface area contributed by atoms with E-state index in [2.05, 4.69) is 0 Å². The minimum Gasteiger partial charge on any atom is -0.463 e. The number of ether oxygens (including phenoxy) is 1. The fourth-order valence-corrected chi connectivity index (χ4v) is 4.35. The molecule has 1 spiro atoms. The summed E-state index contributed by atoms with van der Waals surface area (Å²) in [7, 11) is 0. The standard InChI is InChI=1S/C20H33FO2/c1-2-23-19(22)11-10-17-12-15-20(16-13-17)14-8-6-4-3-5-7-9-18(20)21/h10-11,17-18H,2-9,12-16H2,1H3/b11-10+. The van der Waals surface area contributed by atoms with E-state index in [9.17, 15) is 9.18 Å². The van der Waals surface area contributed by atoms with Gasteiger partial charge in [-0.15, -0.1) is 0 Å². The molecule has 3 heteroatoms. The molecule has 0 bridgehead atoms. The molecule has 0 saturated heterocycles. The number of halogens is 1. The van der Waals surface area contributed by atoms with Gasteiger partial charge in [0.15, 0.2) is 0 Å². The van der Waals surface area contributed by atoms with Gasteiger partial charge in [-0.05, 0) is 51.4 Å². The van der Waals surface area contributed by atoms with E-state index in [1.165, 1.54) is 32.1 Å². The van der Waals surface area contributed by atoms with Gasteiger partial charge in [0, 0.05) is 11.5 Å². The van der Waals surface area contributed by atoms with Crippen molar-refractivity contribution in [2.24, 2.45) is 11.3 Å². The molecule has 0 radical (unpaired) electrons. The maximum atomic E-state index is 14.9. The third-order valence-electron chi connectivity index (χ3n) is 5.86. The normalized spacial score (nSPS) is 33.7. The second-order valence-electron chi connectivity index (χ2n) is 7.44. The van der Waals surface area contributed by atoms with Gasteiger partial charge < -0.3 is 4.74 Å². The SMILES string of the molecule is CCOC(=O)/C=C/C1CCC2(CCCCCCCCC2F)CC1. The van der Waals surface area contributed by atoms with Crippen molar-refractivity contribution < 1.29 is 13.9 Å². The highest BCUT2D eigenvalue weighted by Crippen LogP contribution is 2.48. The lowest BCUT2D eigenvalue weighted by Crippen LogP contribution is -2.36. The lowest BCUT2D eigenvalue weighted by Gasteiger charge is -2.42. The third kappa shape index (κ3) is 5.61. The zero-order valence-corrected chi connectivity index (χ0v) is 14.7. The molecule has 0 aromatic rings. The second-order valence-corrected chi connectivity index (χ2v) is 7.44. The first-order valence-corrected chi connectivity index (χ1v) is 9.65. The molecule has 23 heavy (non-hydrogen) atoms. The van der Waals surface area contributed by atoms with Gasteiger partial charge in [0.25, 0.3) is 0 Å². The molecule has 132 valence electrons. The number of carbonyl (C=O) groups is 1. The predicted octanol–water partition coefficient (Wildman–Crippen LogP) is 5.75. The first-order valence-electron chi connectivity index (χ1n) is 9.65. The van der Waals surface area contributed by atoms with Crippen molar-refractivity contribution in [1.29, 1.82) is 0 Å². The summed E-state index contributed by atoms with van der Waals surface area (Å²) < 4.78 is 19.9. The minimum absolute atomic E-state index is 0.0778.